The van der Waals surface area contributed by atoms with Crippen LogP contribution in [-0.4, -0.2) is 14.2 Å². The Morgan fingerprint density at radius 2 is 1.67 bits per heavy atom. The Morgan fingerprint density at radius 3 is 2.30 bits per heavy atom. The molecule has 0 atom stereocenters. The molecule has 0 amide bonds. The minimum Gasteiger partial charge on any atom is -0.493 e. The quantitative estimate of drug-likeness (QED) is 0.470. The molecule has 4 nitrogen and oxygen atoms in total. The third-order valence-electron chi connectivity index (χ3n) is 3.88. The van der Waals surface area contributed by atoms with Gasteiger partial charge in [-0.15, -0.1) is 0 Å². The van der Waals surface area contributed by atoms with Gasteiger partial charge >= 0.3 is 0 Å². The summed E-state index contributed by atoms with van der Waals surface area (Å²) in [4.78, 5) is 0. The summed E-state index contributed by atoms with van der Waals surface area (Å²) in [6.45, 7) is 0. The van der Waals surface area contributed by atoms with E-state index in [1.54, 1.807) is 68.8 Å². The van der Waals surface area contributed by atoms with Gasteiger partial charge in [-0.2, -0.15) is 5.26 Å². The predicted molar refractivity (Wildman–Crippen MR) is 107 cm³/mol. The molecule has 0 aliphatic carbocycles. The zero-order chi connectivity index (χ0) is 19.4. The molecule has 2 aromatic carbocycles. The van der Waals surface area contributed by atoms with Gasteiger partial charge in [-0.05, 0) is 60.2 Å². The van der Waals surface area contributed by atoms with Gasteiger partial charge in [0.25, 0.3) is 0 Å². The lowest BCUT2D eigenvalue weighted by Gasteiger charge is -2.08. The van der Waals surface area contributed by atoms with Gasteiger partial charge in [0, 0.05) is 15.6 Å². The van der Waals surface area contributed by atoms with Crippen molar-refractivity contribution in [2.24, 2.45) is 0 Å². The van der Waals surface area contributed by atoms with Gasteiger partial charge in [-0.3, -0.25) is 0 Å². The fourth-order valence-electron chi connectivity index (χ4n) is 2.61. The first-order chi connectivity index (χ1) is 13.0. The number of nitrogens with zero attached hydrogens (tertiary/aromatic N) is 1. The van der Waals surface area contributed by atoms with Crippen molar-refractivity contribution in [1.29, 1.82) is 5.26 Å². The van der Waals surface area contributed by atoms with E-state index < -0.39 is 0 Å². The smallest absolute Gasteiger partial charge is 0.161 e. The van der Waals surface area contributed by atoms with Crippen LogP contribution in [0.2, 0.25) is 10.0 Å². The zero-order valence-electron chi connectivity index (χ0n) is 14.6. The van der Waals surface area contributed by atoms with Crippen LogP contribution in [0.15, 0.2) is 52.9 Å². The highest BCUT2D eigenvalue weighted by Crippen LogP contribution is 2.32. The lowest BCUT2D eigenvalue weighted by Crippen LogP contribution is -1.92. The number of ether oxygens (including phenoxy) is 2. The molecule has 0 saturated heterocycles. The zero-order valence-corrected chi connectivity index (χ0v) is 16.1. The summed E-state index contributed by atoms with van der Waals surface area (Å²) in [5, 5.41) is 10.6. The van der Waals surface area contributed by atoms with Crippen LogP contribution < -0.4 is 9.47 Å². The fourth-order valence-corrected chi connectivity index (χ4v) is 3.13. The molecular weight excluding hydrogens is 385 g/mol. The molecule has 0 unspecified atom stereocenters. The van der Waals surface area contributed by atoms with Gasteiger partial charge < -0.3 is 13.9 Å². The van der Waals surface area contributed by atoms with E-state index in [-0.39, 0.29) is 0 Å². The molecule has 0 saturated carbocycles. The maximum atomic E-state index is 9.56. The van der Waals surface area contributed by atoms with E-state index in [0.717, 1.165) is 5.56 Å². The SMILES string of the molecule is COc1ccc(/C(C#N)=C/c2ccc(-c3cc(Cl)cc(Cl)c3)o2)cc1OC. The highest BCUT2D eigenvalue weighted by atomic mass is 35.5. The second kappa shape index (κ2) is 8.22. The summed E-state index contributed by atoms with van der Waals surface area (Å²) >= 11 is 12.1. The molecule has 27 heavy (non-hydrogen) atoms. The molecule has 3 aromatic rings. The van der Waals surface area contributed by atoms with Crippen LogP contribution >= 0.6 is 23.2 Å². The van der Waals surface area contributed by atoms with Crippen molar-refractivity contribution in [2.75, 3.05) is 14.2 Å². The number of halogens is 2. The molecule has 0 bridgehead atoms. The Hall–Kier alpha value is -2.87. The first kappa shape index (κ1) is 18.9. The minimum absolute atomic E-state index is 0.431. The van der Waals surface area contributed by atoms with Crippen molar-refractivity contribution in [3.63, 3.8) is 0 Å². The Labute approximate surface area is 167 Å². The highest BCUT2D eigenvalue weighted by Gasteiger charge is 2.10. The average molecular weight is 400 g/mol. The third kappa shape index (κ3) is 4.28. The van der Waals surface area contributed by atoms with E-state index in [1.165, 1.54) is 0 Å². The number of rotatable bonds is 5. The van der Waals surface area contributed by atoms with Gasteiger partial charge in [-0.1, -0.05) is 23.2 Å². The Kier molecular flexibility index (Phi) is 5.75. The second-order valence-corrected chi connectivity index (χ2v) is 6.47. The minimum atomic E-state index is 0.431. The van der Waals surface area contributed by atoms with Gasteiger partial charge in [0.1, 0.15) is 11.5 Å². The van der Waals surface area contributed by atoms with E-state index in [2.05, 4.69) is 6.07 Å². The van der Waals surface area contributed by atoms with Crippen LogP contribution in [0.5, 0.6) is 11.5 Å². The normalized spacial score (nSPS) is 11.1. The number of hydrogen-bond donors (Lipinski definition) is 0. The van der Waals surface area contributed by atoms with Crippen LogP contribution in [-0.2, 0) is 0 Å². The standard InChI is InChI=1S/C21H15Cl2NO3/c1-25-20-5-3-13(10-21(20)26-2)15(12-24)9-18-4-6-19(27-18)14-7-16(22)11-17(23)8-14/h3-11H,1-2H3/b15-9+. The summed E-state index contributed by atoms with van der Waals surface area (Å²) in [7, 11) is 3.11. The molecule has 0 aliphatic rings. The first-order valence-corrected chi connectivity index (χ1v) is 8.70. The molecular formula is C21H15Cl2NO3. The van der Waals surface area contributed by atoms with Crippen LogP contribution in [0.25, 0.3) is 23.0 Å². The van der Waals surface area contributed by atoms with E-state index in [1.807, 2.05) is 0 Å². The molecule has 0 fully saturated rings. The van der Waals surface area contributed by atoms with Gasteiger partial charge in [0.05, 0.1) is 25.9 Å². The fraction of sp³-hybridized carbons (Fsp3) is 0.0952. The van der Waals surface area contributed by atoms with Crippen molar-refractivity contribution < 1.29 is 13.9 Å². The molecule has 0 N–H and O–H groups in total. The van der Waals surface area contributed by atoms with Gasteiger partial charge in [0.2, 0.25) is 0 Å². The van der Waals surface area contributed by atoms with Crippen molar-refractivity contribution in [2.45, 2.75) is 0 Å². The van der Waals surface area contributed by atoms with Crippen molar-refractivity contribution in [1.82, 2.24) is 0 Å². The summed E-state index contributed by atoms with van der Waals surface area (Å²) in [5.41, 5.74) is 1.89. The highest BCUT2D eigenvalue weighted by molar-refractivity contribution is 6.35. The third-order valence-corrected chi connectivity index (χ3v) is 4.31. The topological polar surface area (TPSA) is 55.4 Å². The maximum Gasteiger partial charge on any atom is 0.161 e. The number of nitriles is 1. The molecule has 0 spiro atoms. The van der Waals surface area contributed by atoms with Crippen molar-refractivity contribution >= 4 is 34.9 Å². The molecule has 6 heteroatoms. The lowest BCUT2D eigenvalue weighted by atomic mass is 10.1. The van der Waals surface area contributed by atoms with E-state index >= 15 is 0 Å². The van der Waals surface area contributed by atoms with Gasteiger partial charge in [-0.25, -0.2) is 0 Å². The molecule has 1 heterocycles. The van der Waals surface area contributed by atoms with Crippen LogP contribution in [0.1, 0.15) is 11.3 Å². The number of methoxy groups -OCH3 is 2. The number of furan rings is 1. The largest absolute Gasteiger partial charge is 0.493 e. The number of hydrogen-bond acceptors (Lipinski definition) is 4. The molecule has 1 aromatic heterocycles. The van der Waals surface area contributed by atoms with Gasteiger partial charge in [0.15, 0.2) is 11.5 Å². The molecule has 0 aliphatic heterocycles. The maximum absolute atomic E-state index is 9.56. The van der Waals surface area contributed by atoms with Crippen molar-refractivity contribution in [3.05, 3.63) is 69.9 Å². The van der Waals surface area contributed by atoms with Crippen LogP contribution in [0.3, 0.4) is 0 Å². The Morgan fingerprint density at radius 1 is 0.963 bits per heavy atom. The van der Waals surface area contributed by atoms with E-state index in [9.17, 15) is 5.26 Å². The summed E-state index contributed by atoms with van der Waals surface area (Å²) < 4.78 is 16.4. The average Bonchev–Trinajstić information content (AvgIpc) is 3.13. The molecule has 136 valence electrons. The Balaban J connectivity index is 1.96. The molecule has 0 radical (unpaired) electrons. The first-order valence-electron chi connectivity index (χ1n) is 7.94. The van der Waals surface area contributed by atoms with E-state index in [4.69, 9.17) is 37.1 Å². The monoisotopic (exact) mass is 399 g/mol. The molecule has 3 rings (SSSR count). The summed E-state index contributed by atoms with van der Waals surface area (Å²) in [6.07, 6.45) is 1.66. The van der Waals surface area contributed by atoms with Crippen molar-refractivity contribution in [3.8, 4) is 28.9 Å². The van der Waals surface area contributed by atoms with E-state index in [0.29, 0.717) is 44.2 Å². The number of allylic oxidation sites excluding steroid dienone is 1. The second-order valence-electron chi connectivity index (χ2n) is 5.60. The number of benzene rings is 2. The van der Waals surface area contributed by atoms with Crippen LogP contribution in [0, 0.1) is 11.3 Å². The Bertz CT molecular complexity index is 1030. The van der Waals surface area contributed by atoms with Crippen LogP contribution in [0.4, 0.5) is 0 Å². The predicted octanol–water partition coefficient (Wildman–Crippen LogP) is 6.33. The summed E-state index contributed by atoms with van der Waals surface area (Å²) in [5.74, 6) is 2.28. The lowest BCUT2D eigenvalue weighted by molar-refractivity contribution is 0.355. The summed E-state index contributed by atoms with van der Waals surface area (Å²) in [6, 6.07) is 16.2.